The molecule has 1 saturated heterocycles. The number of urea groups is 1. The van der Waals surface area contributed by atoms with E-state index < -0.39 is 12.0 Å². The number of rotatable bonds is 4. The highest BCUT2D eigenvalue weighted by atomic mass is 16.4. The van der Waals surface area contributed by atoms with Gasteiger partial charge in [-0.05, 0) is 0 Å². The van der Waals surface area contributed by atoms with Crippen LogP contribution >= 0.6 is 0 Å². The van der Waals surface area contributed by atoms with Gasteiger partial charge in [0.25, 0.3) is 0 Å². The Morgan fingerprint density at radius 3 is 2.60 bits per heavy atom. The zero-order valence-corrected chi connectivity index (χ0v) is 12.2. The van der Waals surface area contributed by atoms with Gasteiger partial charge in [0.2, 0.25) is 5.82 Å². The van der Waals surface area contributed by atoms with Crippen molar-refractivity contribution in [3.05, 3.63) is 12.5 Å². The smallest absolute Gasteiger partial charge is 0.426 e. The first kappa shape index (κ1) is 14.5. The largest absolute Gasteiger partial charge is 0.548 e. The molecular formula is C13H20N4O3. The quantitative estimate of drug-likeness (QED) is 0.701. The van der Waals surface area contributed by atoms with Crippen LogP contribution in [0.1, 0.15) is 13.8 Å². The molecule has 1 aromatic rings. The molecule has 1 aliphatic rings. The standard InChI is InChI=1S/C13H20N4O3/c1-9(2)6-17(11-5-14-8-15(11)3)7-10(12(18)19)16(4)13(17)20/h5,8-10H,6-7H2,1-4H3. The van der Waals surface area contributed by atoms with E-state index in [-0.39, 0.29) is 23.0 Å². The fourth-order valence-electron chi connectivity index (χ4n) is 2.99. The Bertz CT molecular complexity index is 539. The number of carbonyl (C=O) groups excluding carboxylic acids is 2. The number of carboxylic acids is 1. The summed E-state index contributed by atoms with van der Waals surface area (Å²) < 4.78 is 1.75. The Hall–Kier alpha value is -1.89. The fraction of sp³-hybridized carbons (Fsp3) is 0.615. The van der Waals surface area contributed by atoms with Crippen molar-refractivity contribution >= 4 is 17.8 Å². The Morgan fingerprint density at radius 2 is 2.20 bits per heavy atom. The van der Waals surface area contributed by atoms with E-state index in [2.05, 4.69) is 4.98 Å². The SMILES string of the molecule is CC(C)C[N+]1(c2cncn2C)CC(C(=O)[O-])N(C)C1=O. The average Bonchev–Trinajstić information content (AvgIpc) is 2.87. The number of carbonyl (C=O) groups is 2. The molecule has 0 aromatic carbocycles. The number of hydrogen-bond acceptors (Lipinski definition) is 4. The van der Waals surface area contributed by atoms with Gasteiger partial charge in [-0.25, -0.2) is 9.78 Å². The van der Waals surface area contributed by atoms with Crippen molar-refractivity contribution in [3.63, 3.8) is 0 Å². The number of imidazole rings is 1. The van der Waals surface area contributed by atoms with E-state index in [0.29, 0.717) is 12.4 Å². The van der Waals surface area contributed by atoms with Crippen LogP contribution in [0.25, 0.3) is 0 Å². The van der Waals surface area contributed by atoms with Gasteiger partial charge in [-0.1, -0.05) is 13.8 Å². The van der Waals surface area contributed by atoms with Crippen LogP contribution in [0.5, 0.6) is 0 Å². The maximum atomic E-state index is 12.7. The van der Waals surface area contributed by atoms with Gasteiger partial charge in [-0.2, -0.15) is 4.48 Å². The van der Waals surface area contributed by atoms with Crippen LogP contribution in [0.3, 0.4) is 0 Å². The molecule has 0 aliphatic carbocycles. The minimum Gasteiger partial charge on any atom is -0.548 e. The molecule has 2 amide bonds. The molecule has 0 spiro atoms. The van der Waals surface area contributed by atoms with E-state index in [0.717, 1.165) is 0 Å². The molecule has 0 bridgehead atoms. The molecule has 0 radical (unpaired) electrons. The highest BCUT2D eigenvalue weighted by molar-refractivity contribution is 5.93. The Kier molecular flexibility index (Phi) is 3.56. The van der Waals surface area contributed by atoms with E-state index in [4.69, 9.17) is 0 Å². The van der Waals surface area contributed by atoms with Gasteiger partial charge in [0.15, 0.2) is 0 Å². The monoisotopic (exact) mass is 280 g/mol. The molecule has 2 rings (SSSR count). The third-order valence-corrected chi connectivity index (χ3v) is 3.80. The molecule has 1 aliphatic heterocycles. The van der Waals surface area contributed by atoms with Crippen molar-refractivity contribution in [2.24, 2.45) is 13.0 Å². The van der Waals surface area contributed by atoms with Crippen molar-refractivity contribution in [2.45, 2.75) is 19.9 Å². The summed E-state index contributed by atoms with van der Waals surface area (Å²) in [5.41, 5.74) is 0. The molecule has 2 atom stereocenters. The van der Waals surface area contributed by atoms with Crippen LogP contribution in [0, 0.1) is 5.92 Å². The second kappa shape index (κ2) is 4.90. The minimum absolute atomic E-state index is 0.0245. The molecule has 2 heterocycles. The number of likely N-dealkylation sites (N-methyl/N-ethyl adjacent to an activating group) is 1. The lowest BCUT2D eigenvalue weighted by molar-refractivity contribution is -0.309. The second-order valence-electron chi connectivity index (χ2n) is 5.82. The summed E-state index contributed by atoms with van der Waals surface area (Å²) in [7, 11) is 3.32. The third kappa shape index (κ3) is 2.07. The number of hydrogen-bond donors (Lipinski definition) is 0. The van der Waals surface area contributed by atoms with Crippen LogP contribution in [0.4, 0.5) is 10.6 Å². The molecule has 110 valence electrons. The van der Waals surface area contributed by atoms with Crippen molar-refractivity contribution in [1.29, 1.82) is 0 Å². The second-order valence-corrected chi connectivity index (χ2v) is 5.82. The lowest BCUT2D eigenvalue weighted by Crippen LogP contribution is -2.55. The van der Waals surface area contributed by atoms with Gasteiger partial charge in [-0.3, -0.25) is 9.47 Å². The molecule has 2 unspecified atom stereocenters. The zero-order chi connectivity index (χ0) is 15.1. The first-order valence-electron chi connectivity index (χ1n) is 6.62. The Morgan fingerprint density at radius 1 is 1.55 bits per heavy atom. The number of aliphatic carboxylic acids is 1. The highest BCUT2D eigenvalue weighted by Gasteiger charge is 2.54. The van der Waals surface area contributed by atoms with E-state index in [1.165, 1.54) is 11.9 Å². The molecule has 7 heteroatoms. The van der Waals surface area contributed by atoms with Gasteiger partial charge < -0.3 is 9.90 Å². The predicted molar refractivity (Wildman–Crippen MR) is 71.5 cm³/mol. The van der Waals surface area contributed by atoms with Gasteiger partial charge in [0, 0.05) is 20.0 Å². The van der Waals surface area contributed by atoms with Gasteiger partial charge in [-0.15, -0.1) is 0 Å². The summed E-state index contributed by atoms with van der Waals surface area (Å²) in [4.78, 5) is 29.3. The normalized spacial score (nSPS) is 26.6. The van der Waals surface area contributed by atoms with E-state index >= 15 is 0 Å². The summed E-state index contributed by atoms with van der Waals surface area (Å²) in [6.45, 7) is 4.73. The van der Waals surface area contributed by atoms with Crippen LogP contribution in [-0.4, -0.2) is 52.6 Å². The lowest BCUT2D eigenvalue weighted by atomic mass is 10.1. The van der Waals surface area contributed by atoms with Crippen LogP contribution in [0.2, 0.25) is 0 Å². The van der Waals surface area contributed by atoms with E-state index in [1.54, 1.807) is 17.1 Å². The number of quaternary nitrogens is 1. The maximum absolute atomic E-state index is 12.7. The first-order chi connectivity index (χ1) is 9.29. The van der Waals surface area contributed by atoms with Crippen LogP contribution in [-0.2, 0) is 11.8 Å². The van der Waals surface area contributed by atoms with Crippen LogP contribution < -0.4 is 9.59 Å². The maximum Gasteiger partial charge on any atom is 0.426 e. The minimum atomic E-state index is -1.22. The van der Waals surface area contributed by atoms with Crippen LogP contribution in [0.15, 0.2) is 12.5 Å². The summed E-state index contributed by atoms with van der Waals surface area (Å²) in [5, 5.41) is 11.2. The van der Waals surface area contributed by atoms with Crippen molar-refractivity contribution in [1.82, 2.24) is 18.9 Å². The first-order valence-corrected chi connectivity index (χ1v) is 6.62. The summed E-state index contributed by atoms with van der Waals surface area (Å²) in [6, 6.07) is -1.13. The molecule has 20 heavy (non-hydrogen) atoms. The third-order valence-electron chi connectivity index (χ3n) is 3.80. The summed E-state index contributed by atoms with van der Waals surface area (Å²) in [6.07, 6.45) is 3.25. The van der Waals surface area contributed by atoms with E-state index in [9.17, 15) is 14.7 Å². The number of nitrogens with zero attached hydrogens (tertiary/aromatic N) is 4. The highest BCUT2D eigenvalue weighted by Crippen LogP contribution is 2.32. The number of carboxylic acid groups (broad SMARTS) is 1. The molecule has 0 saturated carbocycles. The fourth-order valence-corrected chi connectivity index (χ4v) is 2.99. The molecular weight excluding hydrogens is 260 g/mol. The predicted octanol–water partition coefficient (Wildman–Crippen LogP) is -0.433. The topological polar surface area (TPSA) is 78.3 Å². The van der Waals surface area contributed by atoms with Gasteiger partial charge in [0.1, 0.15) is 18.8 Å². The Labute approximate surface area is 118 Å². The number of aromatic nitrogens is 2. The summed E-state index contributed by atoms with van der Waals surface area (Å²) >= 11 is 0. The summed E-state index contributed by atoms with van der Waals surface area (Å²) in [5.74, 6) is -0.270. The van der Waals surface area contributed by atoms with E-state index in [1.807, 2.05) is 20.9 Å². The lowest BCUT2D eigenvalue weighted by Gasteiger charge is -2.31. The molecule has 1 fully saturated rings. The van der Waals surface area contributed by atoms with Gasteiger partial charge in [0.05, 0.1) is 18.8 Å². The van der Waals surface area contributed by atoms with Crippen molar-refractivity contribution in [3.8, 4) is 0 Å². The van der Waals surface area contributed by atoms with Crippen molar-refractivity contribution in [2.75, 3.05) is 20.1 Å². The number of aryl methyl sites for hydroxylation is 1. The van der Waals surface area contributed by atoms with Crippen molar-refractivity contribution < 1.29 is 14.7 Å². The molecule has 7 nitrogen and oxygen atoms in total. The Balaban J connectivity index is 2.52. The van der Waals surface area contributed by atoms with Gasteiger partial charge >= 0.3 is 6.03 Å². The zero-order valence-electron chi connectivity index (χ0n) is 12.2. The molecule has 1 aromatic heterocycles. The molecule has 0 N–H and O–H groups in total. The average molecular weight is 280 g/mol. The number of amides is 2.